The second kappa shape index (κ2) is 7.98. The van der Waals surface area contributed by atoms with E-state index in [4.69, 9.17) is 16.3 Å². The third kappa shape index (κ3) is 4.94. The summed E-state index contributed by atoms with van der Waals surface area (Å²) in [5.74, 6) is 0.117. The van der Waals surface area contributed by atoms with E-state index >= 15 is 0 Å². The molecule has 0 aliphatic rings. The van der Waals surface area contributed by atoms with Crippen molar-refractivity contribution in [3.63, 3.8) is 0 Å². The van der Waals surface area contributed by atoms with Crippen molar-refractivity contribution in [3.05, 3.63) is 52.0 Å². The lowest BCUT2D eigenvalue weighted by Crippen LogP contribution is -2.21. The van der Waals surface area contributed by atoms with Crippen LogP contribution in [0.5, 0.6) is 5.75 Å². The molecule has 0 heterocycles. The molecule has 0 saturated carbocycles. The summed E-state index contributed by atoms with van der Waals surface area (Å²) in [6, 6.07) is 10.8. The van der Waals surface area contributed by atoms with Crippen LogP contribution in [0, 0.1) is 0 Å². The number of halogens is 2. The van der Waals surface area contributed by atoms with Gasteiger partial charge in [-0.15, -0.1) is 0 Å². The van der Waals surface area contributed by atoms with Gasteiger partial charge in [0, 0.05) is 10.7 Å². The van der Waals surface area contributed by atoms with Crippen LogP contribution < -0.4 is 14.8 Å². The lowest BCUT2D eigenvalue weighted by molar-refractivity contribution is -0.118. The average Bonchev–Trinajstić information content (AvgIpc) is 2.54. The molecule has 0 saturated heterocycles. The Morgan fingerprint density at radius 3 is 2.46 bits per heavy atom. The van der Waals surface area contributed by atoms with Crippen molar-refractivity contribution < 1.29 is 17.9 Å². The Balaban J connectivity index is 1.95. The minimum Gasteiger partial charge on any atom is -0.483 e. The molecule has 2 aromatic rings. The van der Waals surface area contributed by atoms with Gasteiger partial charge in [-0.2, -0.15) is 0 Å². The summed E-state index contributed by atoms with van der Waals surface area (Å²) in [7, 11) is -2.17. The molecule has 2 aromatic carbocycles. The second-order valence-corrected chi connectivity index (χ2v) is 7.82. The molecule has 1 amide bonds. The van der Waals surface area contributed by atoms with E-state index < -0.39 is 10.0 Å². The predicted octanol–water partition coefficient (Wildman–Crippen LogP) is 3.03. The van der Waals surface area contributed by atoms with Crippen LogP contribution in [0.3, 0.4) is 0 Å². The number of anilines is 1. The van der Waals surface area contributed by atoms with E-state index in [2.05, 4.69) is 26.0 Å². The third-order valence-electron chi connectivity index (χ3n) is 2.97. The molecular weight excluding hydrogens is 420 g/mol. The Bertz CT molecular complexity index is 841. The van der Waals surface area contributed by atoms with Crippen molar-refractivity contribution in [2.24, 2.45) is 0 Å². The molecule has 2 N–H and O–H groups in total. The molecule has 0 spiro atoms. The van der Waals surface area contributed by atoms with E-state index in [1.54, 1.807) is 18.2 Å². The zero-order valence-corrected chi connectivity index (χ0v) is 15.7. The summed E-state index contributed by atoms with van der Waals surface area (Å²) >= 11 is 9.12. The topological polar surface area (TPSA) is 84.5 Å². The van der Waals surface area contributed by atoms with Crippen molar-refractivity contribution >= 4 is 49.1 Å². The van der Waals surface area contributed by atoms with E-state index in [1.807, 2.05) is 0 Å². The van der Waals surface area contributed by atoms with Gasteiger partial charge in [0.1, 0.15) is 5.75 Å². The molecule has 6 nitrogen and oxygen atoms in total. The van der Waals surface area contributed by atoms with Gasteiger partial charge in [-0.3, -0.25) is 4.79 Å². The molecular formula is C15H14BrClN2O4S. The zero-order valence-electron chi connectivity index (χ0n) is 12.5. The number of carbonyl (C=O) groups is 1. The molecule has 0 aromatic heterocycles. The van der Waals surface area contributed by atoms with Crippen LogP contribution in [0.1, 0.15) is 0 Å². The van der Waals surface area contributed by atoms with E-state index in [9.17, 15) is 13.2 Å². The van der Waals surface area contributed by atoms with E-state index in [0.29, 0.717) is 20.9 Å². The Labute approximate surface area is 153 Å². The number of hydrogen-bond acceptors (Lipinski definition) is 4. The van der Waals surface area contributed by atoms with Gasteiger partial charge >= 0.3 is 0 Å². The minimum absolute atomic E-state index is 0.115. The van der Waals surface area contributed by atoms with Crippen molar-refractivity contribution in [2.75, 3.05) is 19.0 Å². The van der Waals surface area contributed by atoms with Crippen molar-refractivity contribution in [1.82, 2.24) is 4.72 Å². The minimum atomic E-state index is -3.50. The lowest BCUT2D eigenvalue weighted by Gasteiger charge is -2.09. The zero-order chi connectivity index (χ0) is 17.7. The number of hydrogen-bond donors (Lipinski definition) is 2. The quantitative estimate of drug-likeness (QED) is 0.733. The van der Waals surface area contributed by atoms with Crippen LogP contribution in [0.2, 0.25) is 5.02 Å². The summed E-state index contributed by atoms with van der Waals surface area (Å²) in [5.41, 5.74) is 0.467. The molecule has 0 aliphatic carbocycles. The number of sulfonamides is 1. The number of rotatable bonds is 6. The van der Waals surface area contributed by atoms with Gasteiger partial charge in [-0.25, -0.2) is 13.1 Å². The first kappa shape index (κ1) is 18.7. The fourth-order valence-electron chi connectivity index (χ4n) is 1.77. The summed E-state index contributed by atoms with van der Waals surface area (Å²) < 4.78 is 31.5. The fraction of sp³-hybridized carbons (Fsp3) is 0.133. The number of carbonyl (C=O) groups excluding carboxylic acids is 1. The maximum absolute atomic E-state index is 11.9. The van der Waals surface area contributed by atoms with Gasteiger partial charge in [0.05, 0.1) is 9.37 Å². The van der Waals surface area contributed by atoms with Crippen molar-refractivity contribution in [3.8, 4) is 5.75 Å². The first-order valence-corrected chi connectivity index (χ1v) is 9.38. The van der Waals surface area contributed by atoms with Gasteiger partial charge in [-0.1, -0.05) is 11.6 Å². The first-order chi connectivity index (χ1) is 11.3. The molecule has 9 heteroatoms. The number of ether oxygens (including phenoxy) is 1. The van der Waals surface area contributed by atoms with Crippen LogP contribution in [0.25, 0.3) is 0 Å². The van der Waals surface area contributed by atoms with Crippen LogP contribution in [-0.2, 0) is 14.8 Å². The molecule has 24 heavy (non-hydrogen) atoms. The monoisotopic (exact) mass is 432 g/mol. The highest BCUT2D eigenvalue weighted by Crippen LogP contribution is 2.27. The van der Waals surface area contributed by atoms with Crippen LogP contribution in [-0.4, -0.2) is 28.0 Å². The number of benzene rings is 2. The maximum atomic E-state index is 11.9. The van der Waals surface area contributed by atoms with Crippen LogP contribution >= 0.6 is 27.5 Å². The maximum Gasteiger partial charge on any atom is 0.262 e. The summed E-state index contributed by atoms with van der Waals surface area (Å²) in [6.07, 6.45) is 0. The van der Waals surface area contributed by atoms with Gasteiger partial charge in [0.25, 0.3) is 5.91 Å². The molecule has 128 valence electrons. The normalized spacial score (nSPS) is 11.1. The Morgan fingerprint density at radius 1 is 1.21 bits per heavy atom. The molecule has 0 atom stereocenters. The van der Waals surface area contributed by atoms with Crippen molar-refractivity contribution in [1.29, 1.82) is 0 Å². The standard InChI is InChI=1S/C15H14BrClN2O4S/c1-18-24(21,22)12-5-3-11(4-6-12)19-15(20)9-23-14-7-2-10(17)8-13(14)16/h2-8,18H,9H2,1H3,(H,19,20). The SMILES string of the molecule is CNS(=O)(=O)c1ccc(NC(=O)COc2ccc(Cl)cc2Br)cc1. The lowest BCUT2D eigenvalue weighted by atomic mass is 10.3. The highest BCUT2D eigenvalue weighted by molar-refractivity contribution is 9.10. The van der Waals surface area contributed by atoms with Crippen molar-refractivity contribution in [2.45, 2.75) is 4.90 Å². The number of nitrogens with one attached hydrogen (secondary N) is 2. The molecule has 0 fully saturated rings. The van der Waals surface area contributed by atoms with E-state index in [0.717, 1.165) is 0 Å². The molecule has 0 radical (unpaired) electrons. The fourth-order valence-corrected chi connectivity index (χ4v) is 3.30. The average molecular weight is 434 g/mol. The largest absolute Gasteiger partial charge is 0.483 e. The summed E-state index contributed by atoms with van der Waals surface area (Å²) in [4.78, 5) is 12.0. The van der Waals surface area contributed by atoms with Crippen LogP contribution in [0.4, 0.5) is 5.69 Å². The second-order valence-electron chi connectivity index (χ2n) is 4.64. The Morgan fingerprint density at radius 2 is 1.88 bits per heavy atom. The van der Waals surface area contributed by atoms with Gasteiger partial charge in [0.2, 0.25) is 10.0 Å². The summed E-state index contributed by atoms with van der Waals surface area (Å²) in [6.45, 7) is -0.198. The predicted molar refractivity (Wildman–Crippen MR) is 96.0 cm³/mol. The summed E-state index contributed by atoms with van der Waals surface area (Å²) in [5, 5.41) is 3.17. The highest BCUT2D eigenvalue weighted by atomic mass is 79.9. The number of amides is 1. The van der Waals surface area contributed by atoms with E-state index in [-0.39, 0.29) is 17.4 Å². The van der Waals surface area contributed by atoms with Gasteiger partial charge in [0.15, 0.2) is 6.61 Å². The molecule has 2 rings (SSSR count). The van der Waals surface area contributed by atoms with Crippen LogP contribution in [0.15, 0.2) is 51.8 Å². The smallest absolute Gasteiger partial charge is 0.262 e. The van der Waals surface area contributed by atoms with Gasteiger partial charge in [-0.05, 0) is 65.4 Å². The first-order valence-electron chi connectivity index (χ1n) is 6.73. The van der Waals surface area contributed by atoms with Gasteiger partial charge < -0.3 is 10.1 Å². The molecule has 0 aliphatic heterocycles. The highest BCUT2D eigenvalue weighted by Gasteiger charge is 2.11. The Kier molecular flexibility index (Phi) is 6.22. The Hall–Kier alpha value is -1.61. The third-order valence-corrected chi connectivity index (χ3v) is 5.25. The molecule has 0 bridgehead atoms. The molecule has 0 unspecified atom stereocenters. The van der Waals surface area contributed by atoms with E-state index in [1.165, 1.54) is 31.3 Å².